The number of carboxylic acid groups (broad SMARTS) is 1. The summed E-state index contributed by atoms with van der Waals surface area (Å²) in [7, 11) is 0. The normalized spacial score (nSPS) is 12.6. The Labute approximate surface area is 255 Å². The van der Waals surface area contributed by atoms with Gasteiger partial charge in [-0.05, 0) is 61.2 Å². The summed E-state index contributed by atoms with van der Waals surface area (Å²) in [4.78, 5) is 17.9. The Balaban J connectivity index is 1.93. The van der Waals surface area contributed by atoms with E-state index in [1.807, 2.05) is 55.7 Å². The second-order valence-corrected chi connectivity index (χ2v) is 13.8. The fraction of sp³-hybridized carbons (Fsp3) is 0.412. The summed E-state index contributed by atoms with van der Waals surface area (Å²) in [6.45, 7) is 12.1. The largest absolute Gasteiger partial charge is 0.487 e. The predicted molar refractivity (Wildman–Crippen MR) is 166 cm³/mol. The zero-order valence-electron chi connectivity index (χ0n) is 25.5. The third-order valence-corrected chi connectivity index (χ3v) is 9.10. The fourth-order valence-electron chi connectivity index (χ4n) is 5.27. The van der Waals surface area contributed by atoms with Crippen molar-refractivity contribution in [2.24, 2.45) is 5.41 Å². The minimum atomic E-state index is -4.52. The number of aromatic nitrogens is 2. The van der Waals surface area contributed by atoms with Crippen LogP contribution in [0.3, 0.4) is 0 Å². The number of halogens is 3. The molecule has 0 aliphatic carbocycles. The molecule has 2 aromatic heterocycles. The highest BCUT2D eigenvalue weighted by Crippen LogP contribution is 2.46. The van der Waals surface area contributed by atoms with E-state index in [2.05, 4.69) is 25.8 Å². The first-order valence-corrected chi connectivity index (χ1v) is 15.3. The molecule has 0 unspecified atom stereocenters. The van der Waals surface area contributed by atoms with Crippen LogP contribution < -0.4 is 4.74 Å². The Hall–Kier alpha value is -3.46. The molecule has 43 heavy (non-hydrogen) atoms. The summed E-state index contributed by atoms with van der Waals surface area (Å²) in [5.74, 6) is -0.313. The van der Waals surface area contributed by atoms with Crippen molar-refractivity contribution in [3.8, 4) is 5.75 Å². The highest BCUT2D eigenvalue weighted by atomic mass is 32.2. The average molecular weight is 613 g/mol. The molecule has 0 bridgehead atoms. The number of carbonyl (C=O) groups is 1. The van der Waals surface area contributed by atoms with Crippen molar-refractivity contribution in [2.75, 3.05) is 0 Å². The van der Waals surface area contributed by atoms with Crippen LogP contribution >= 0.6 is 11.8 Å². The number of benzene rings is 2. The van der Waals surface area contributed by atoms with Gasteiger partial charge in [-0.1, -0.05) is 58.9 Å². The second-order valence-electron chi connectivity index (χ2n) is 12.0. The van der Waals surface area contributed by atoms with Gasteiger partial charge >= 0.3 is 12.1 Å². The number of nitrogens with zero attached hydrogens (tertiary/aromatic N) is 2. The molecule has 0 aliphatic rings. The lowest BCUT2D eigenvalue weighted by Gasteiger charge is -2.29. The van der Waals surface area contributed by atoms with Gasteiger partial charge in [-0.25, -0.2) is 0 Å². The van der Waals surface area contributed by atoms with Gasteiger partial charge in [0.05, 0.1) is 16.7 Å². The van der Waals surface area contributed by atoms with Crippen molar-refractivity contribution < 1.29 is 27.8 Å². The molecule has 9 heteroatoms. The van der Waals surface area contributed by atoms with E-state index < -0.39 is 23.1 Å². The van der Waals surface area contributed by atoms with Crippen LogP contribution in [0.25, 0.3) is 10.9 Å². The van der Waals surface area contributed by atoms with Gasteiger partial charge in [-0.3, -0.25) is 9.78 Å². The van der Waals surface area contributed by atoms with Crippen LogP contribution in [0.1, 0.15) is 75.5 Å². The van der Waals surface area contributed by atoms with Crippen LogP contribution in [0.15, 0.2) is 65.7 Å². The first-order chi connectivity index (χ1) is 20.2. The zero-order chi connectivity index (χ0) is 31.6. The Morgan fingerprint density at radius 1 is 1.02 bits per heavy atom. The van der Waals surface area contributed by atoms with Crippen LogP contribution in [-0.2, 0) is 30.5 Å². The predicted octanol–water partition coefficient (Wildman–Crippen LogP) is 9.31. The maximum absolute atomic E-state index is 14.1. The standard InChI is InChI=1S/C34H39F3N2O3S/c1-7-33(8-2,31(40)41)18-29-30(43-32(4,5)6)26-17-25(42-21-24-14-13-22(3)19-38-24)15-16-28(26)39(29)20-23-11-9-10-12-27(23)34(35,36)37/h9-17,19H,7-8,18,20-21H2,1-6H3,(H,40,41). The molecule has 4 rings (SSSR count). The number of ether oxygens (including phenoxy) is 1. The molecule has 4 aromatic rings. The van der Waals surface area contributed by atoms with Crippen molar-refractivity contribution in [1.82, 2.24) is 9.55 Å². The first kappa shape index (κ1) is 32.5. The molecule has 5 nitrogen and oxygen atoms in total. The molecule has 2 heterocycles. The fourth-order valence-corrected chi connectivity index (χ4v) is 6.45. The summed E-state index contributed by atoms with van der Waals surface area (Å²) in [5, 5.41) is 11.2. The Kier molecular flexibility index (Phi) is 9.54. The number of hydrogen-bond donors (Lipinski definition) is 1. The summed E-state index contributed by atoms with van der Waals surface area (Å²) in [5.41, 5.74) is 1.62. The molecule has 230 valence electrons. The number of carboxylic acids is 1. The van der Waals surface area contributed by atoms with Crippen LogP contribution in [0.4, 0.5) is 13.2 Å². The van der Waals surface area contributed by atoms with Gasteiger partial charge < -0.3 is 14.4 Å². The van der Waals surface area contributed by atoms with Crippen LogP contribution in [-0.4, -0.2) is 25.4 Å². The van der Waals surface area contributed by atoms with Gasteiger partial charge in [-0.2, -0.15) is 13.2 Å². The third-order valence-electron chi connectivity index (χ3n) is 7.82. The molecule has 0 radical (unpaired) electrons. The topological polar surface area (TPSA) is 64.4 Å². The first-order valence-electron chi connectivity index (χ1n) is 14.4. The smallest absolute Gasteiger partial charge is 0.416 e. The molecule has 1 N–H and O–H groups in total. The molecule has 0 amide bonds. The number of hydrogen-bond acceptors (Lipinski definition) is 4. The van der Waals surface area contributed by atoms with Crippen molar-refractivity contribution in [3.05, 3.63) is 88.9 Å². The van der Waals surface area contributed by atoms with E-state index in [4.69, 9.17) is 4.74 Å². The summed E-state index contributed by atoms with van der Waals surface area (Å²) in [6.07, 6.45) is -1.79. The minimum Gasteiger partial charge on any atom is -0.487 e. The van der Waals surface area contributed by atoms with E-state index in [-0.39, 0.29) is 29.9 Å². The van der Waals surface area contributed by atoms with Gasteiger partial charge in [0.1, 0.15) is 12.4 Å². The van der Waals surface area contributed by atoms with Gasteiger partial charge in [0.2, 0.25) is 0 Å². The molecule has 2 aromatic carbocycles. The second kappa shape index (κ2) is 12.6. The Bertz CT molecular complexity index is 1580. The lowest BCUT2D eigenvalue weighted by molar-refractivity contribution is -0.149. The van der Waals surface area contributed by atoms with Crippen LogP contribution in [0.2, 0.25) is 0 Å². The zero-order valence-corrected chi connectivity index (χ0v) is 26.3. The maximum Gasteiger partial charge on any atom is 0.416 e. The number of pyridine rings is 1. The number of thioether (sulfide) groups is 1. The van der Waals surface area contributed by atoms with Crippen molar-refractivity contribution in [1.29, 1.82) is 0 Å². The Morgan fingerprint density at radius 3 is 2.30 bits per heavy atom. The number of aliphatic carboxylic acids is 1. The minimum absolute atomic E-state index is 0.0527. The van der Waals surface area contributed by atoms with E-state index in [9.17, 15) is 23.1 Å². The molecular weight excluding hydrogens is 573 g/mol. The number of aryl methyl sites for hydroxylation is 1. The van der Waals surface area contributed by atoms with Crippen LogP contribution in [0.5, 0.6) is 5.75 Å². The molecule has 0 fully saturated rings. The molecule has 0 atom stereocenters. The monoisotopic (exact) mass is 612 g/mol. The van der Waals surface area contributed by atoms with Crippen LogP contribution in [0, 0.1) is 12.3 Å². The highest BCUT2D eigenvalue weighted by Gasteiger charge is 2.39. The van der Waals surface area contributed by atoms with Gasteiger partial charge in [0.25, 0.3) is 0 Å². The van der Waals surface area contributed by atoms with Crippen molar-refractivity contribution in [2.45, 2.75) is 89.8 Å². The van der Waals surface area contributed by atoms with E-state index in [0.29, 0.717) is 18.6 Å². The van der Waals surface area contributed by atoms with E-state index in [0.717, 1.165) is 38.8 Å². The lowest BCUT2D eigenvalue weighted by Crippen LogP contribution is -2.33. The van der Waals surface area contributed by atoms with Gasteiger partial charge in [0, 0.05) is 45.4 Å². The van der Waals surface area contributed by atoms with Gasteiger partial charge in [-0.15, -0.1) is 11.8 Å². The maximum atomic E-state index is 14.1. The third kappa shape index (κ3) is 7.37. The molecular formula is C34H39F3N2O3S. The van der Waals surface area contributed by atoms with Gasteiger partial charge in [0.15, 0.2) is 0 Å². The molecule has 0 saturated carbocycles. The quantitative estimate of drug-likeness (QED) is 0.171. The summed E-state index contributed by atoms with van der Waals surface area (Å²) in [6, 6.07) is 15.0. The number of fused-ring (bicyclic) bond motifs is 1. The Morgan fingerprint density at radius 2 is 1.72 bits per heavy atom. The summed E-state index contributed by atoms with van der Waals surface area (Å²) >= 11 is 1.59. The lowest BCUT2D eigenvalue weighted by atomic mass is 9.78. The van der Waals surface area contributed by atoms with E-state index in [1.54, 1.807) is 24.0 Å². The molecule has 0 aliphatic heterocycles. The number of alkyl halides is 3. The summed E-state index contributed by atoms with van der Waals surface area (Å²) < 4.78 is 49.9. The average Bonchev–Trinajstić information content (AvgIpc) is 3.20. The number of rotatable bonds is 11. The van der Waals surface area contributed by atoms with E-state index >= 15 is 0 Å². The molecule has 0 saturated heterocycles. The van der Waals surface area contributed by atoms with Crippen molar-refractivity contribution >= 4 is 28.6 Å². The van der Waals surface area contributed by atoms with Crippen molar-refractivity contribution in [3.63, 3.8) is 0 Å². The van der Waals surface area contributed by atoms with E-state index in [1.165, 1.54) is 12.1 Å². The molecule has 0 spiro atoms. The highest BCUT2D eigenvalue weighted by molar-refractivity contribution is 8.00. The SMILES string of the molecule is CCC(CC)(Cc1c(SC(C)(C)C)c2cc(OCc3ccc(C)cn3)ccc2n1Cc1ccccc1C(F)(F)F)C(=O)O.